The largest absolute Gasteiger partial charge is 0.489 e. The lowest BCUT2D eigenvalue weighted by atomic mass is 10.1. The van der Waals surface area contributed by atoms with Gasteiger partial charge < -0.3 is 14.8 Å². The summed E-state index contributed by atoms with van der Waals surface area (Å²) in [6, 6.07) is 14.4. The Labute approximate surface area is 144 Å². The average Bonchev–Trinajstić information content (AvgIpc) is 2.57. The van der Waals surface area contributed by atoms with Crippen LogP contribution in [0.15, 0.2) is 42.5 Å². The minimum absolute atomic E-state index is 0.172. The lowest BCUT2D eigenvalue weighted by Crippen LogP contribution is -2.38. The van der Waals surface area contributed by atoms with Crippen LogP contribution in [0.1, 0.15) is 33.6 Å². The first-order valence-corrected chi connectivity index (χ1v) is 8.63. The van der Waals surface area contributed by atoms with E-state index in [0.29, 0.717) is 25.6 Å². The Hall–Kier alpha value is -2.07. The number of hydrogen-bond acceptors (Lipinski definition) is 4. The number of ether oxygens (including phenoxy) is 2. The molecule has 4 nitrogen and oxygen atoms in total. The van der Waals surface area contributed by atoms with E-state index in [9.17, 15) is 4.79 Å². The summed E-state index contributed by atoms with van der Waals surface area (Å²) in [6.45, 7) is 7.02. The molecule has 4 heteroatoms. The molecule has 0 aliphatic heterocycles. The lowest BCUT2D eigenvalue weighted by Gasteiger charge is -2.21. The highest BCUT2D eigenvalue weighted by Crippen LogP contribution is 2.25. The predicted molar refractivity (Wildman–Crippen MR) is 97.4 cm³/mol. The topological polar surface area (TPSA) is 47.6 Å². The van der Waals surface area contributed by atoms with Crippen LogP contribution in [-0.4, -0.2) is 31.3 Å². The number of carbonyl (C=O) groups is 1. The van der Waals surface area contributed by atoms with Crippen LogP contribution in [0, 0.1) is 0 Å². The first-order chi connectivity index (χ1) is 11.6. The summed E-state index contributed by atoms with van der Waals surface area (Å²) in [5, 5.41) is 5.51. The van der Waals surface area contributed by atoms with Crippen LogP contribution in [0.2, 0.25) is 0 Å². The number of rotatable bonds is 9. The molecular formula is C20H27NO3. The molecule has 0 amide bonds. The van der Waals surface area contributed by atoms with Crippen molar-refractivity contribution in [2.45, 2.75) is 45.8 Å². The molecule has 1 unspecified atom stereocenters. The molecule has 0 saturated heterocycles. The van der Waals surface area contributed by atoms with Crippen molar-refractivity contribution in [3.05, 3.63) is 42.5 Å². The number of esters is 1. The fraction of sp³-hybridized carbons (Fsp3) is 0.450. The third-order valence-electron chi connectivity index (χ3n) is 3.68. The van der Waals surface area contributed by atoms with Crippen molar-refractivity contribution in [1.29, 1.82) is 0 Å². The first-order valence-electron chi connectivity index (χ1n) is 8.63. The Morgan fingerprint density at radius 2 is 1.88 bits per heavy atom. The van der Waals surface area contributed by atoms with Gasteiger partial charge in [-0.15, -0.1) is 0 Å². The number of carbonyl (C=O) groups excluding carboxylic acids is 1. The highest BCUT2D eigenvalue weighted by Gasteiger charge is 2.16. The van der Waals surface area contributed by atoms with E-state index in [1.165, 1.54) is 0 Å². The standard InChI is InChI=1S/C20H27NO3/c1-4-8-20(22)24-17(13-21-15(2)3)14-23-19-12-7-10-16-9-5-6-11-18(16)19/h5-7,9-12,15,17,21H,4,8,13-14H2,1-3H3. The van der Waals surface area contributed by atoms with E-state index in [-0.39, 0.29) is 12.1 Å². The maximum Gasteiger partial charge on any atom is 0.306 e. The molecule has 1 N–H and O–H groups in total. The van der Waals surface area contributed by atoms with Crippen molar-refractivity contribution in [2.24, 2.45) is 0 Å². The van der Waals surface area contributed by atoms with Crippen molar-refractivity contribution in [3.63, 3.8) is 0 Å². The Morgan fingerprint density at radius 3 is 2.62 bits per heavy atom. The molecule has 2 aromatic rings. The zero-order valence-electron chi connectivity index (χ0n) is 14.7. The summed E-state index contributed by atoms with van der Waals surface area (Å²) < 4.78 is 11.5. The molecule has 0 aliphatic carbocycles. The Bertz CT molecular complexity index is 649. The summed E-state index contributed by atoms with van der Waals surface area (Å²) in [5.74, 6) is 0.642. The van der Waals surface area contributed by atoms with Gasteiger partial charge in [0.05, 0.1) is 0 Å². The summed E-state index contributed by atoms with van der Waals surface area (Å²) >= 11 is 0. The zero-order valence-corrected chi connectivity index (χ0v) is 14.7. The molecule has 0 radical (unpaired) electrons. The summed E-state index contributed by atoms with van der Waals surface area (Å²) in [7, 11) is 0. The van der Waals surface area contributed by atoms with Crippen molar-refractivity contribution >= 4 is 16.7 Å². The number of fused-ring (bicyclic) bond motifs is 1. The maximum absolute atomic E-state index is 11.8. The van der Waals surface area contributed by atoms with Gasteiger partial charge in [0.2, 0.25) is 0 Å². The smallest absolute Gasteiger partial charge is 0.306 e. The monoisotopic (exact) mass is 329 g/mol. The fourth-order valence-corrected chi connectivity index (χ4v) is 2.45. The summed E-state index contributed by atoms with van der Waals surface area (Å²) in [4.78, 5) is 11.8. The summed E-state index contributed by atoms with van der Waals surface area (Å²) in [5.41, 5.74) is 0. The molecule has 0 saturated carbocycles. The van der Waals surface area contributed by atoms with E-state index in [2.05, 4.69) is 31.3 Å². The second-order valence-corrected chi connectivity index (χ2v) is 6.21. The average molecular weight is 329 g/mol. The third-order valence-corrected chi connectivity index (χ3v) is 3.68. The molecule has 0 bridgehead atoms. The maximum atomic E-state index is 11.8. The van der Waals surface area contributed by atoms with Gasteiger partial charge in [-0.2, -0.15) is 0 Å². The van der Waals surface area contributed by atoms with E-state index in [1.54, 1.807) is 0 Å². The van der Waals surface area contributed by atoms with E-state index in [4.69, 9.17) is 9.47 Å². The molecule has 1 atom stereocenters. The first kappa shape index (κ1) is 18.3. The van der Waals surface area contributed by atoms with Crippen molar-refractivity contribution in [3.8, 4) is 5.75 Å². The highest BCUT2D eigenvalue weighted by molar-refractivity contribution is 5.88. The second kappa shape index (κ2) is 9.28. The van der Waals surface area contributed by atoms with Crippen molar-refractivity contribution in [1.82, 2.24) is 5.32 Å². The molecule has 0 spiro atoms. The second-order valence-electron chi connectivity index (χ2n) is 6.21. The van der Waals surface area contributed by atoms with E-state index >= 15 is 0 Å². The minimum Gasteiger partial charge on any atom is -0.489 e. The predicted octanol–water partition coefficient (Wildman–Crippen LogP) is 3.93. The highest BCUT2D eigenvalue weighted by atomic mass is 16.6. The number of hydrogen-bond donors (Lipinski definition) is 1. The normalized spacial score (nSPS) is 12.3. The fourth-order valence-electron chi connectivity index (χ4n) is 2.45. The van der Waals surface area contributed by atoms with Crippen LogP contribution < -0.4 is 10.1 Å². The molecule has 24 heavy (non-hydrogen) atoms. The van der Waals surface area contributed by atoms with Gasteiger partial charge in [0.25, 0.3) is 0 Å². The van der Waals surface area contributed by atoms with Gasteiger partial charge in [0.15, 0.2) is 0 Å². The lowest BCUT2D eigenvalue weighted by molar-refractivity contribution is -0.150. The van der Waals surface area contributed by atoms with Crippen LogP contribution in [0.25, 0.3) is 10.8 Å². The van der Waals surface area contributed by atoms with Crippen LogP contribution in [0.5, 0.6) is 5.75 Å². The van der Waals surface area contributed by atoms with E-state index < -0.39 is 0 Å². The zero-order chi connectivity index (χ0) is 17.4. The van der Waals surface area contributed by atoms with Crippen LogP contribution in [0.4, 0.5) is 0 Å². The number of benzene rings is 2. The number of nitrogens with one attached hydrogen (secondary N) is 1. The quantitative estimate of drug-likeness (QED) is 0.708. The van der Waals surface area contributed by atoms with Crippen molar-refractivity contribution < 1.29 is 14.3 Å². The van der Waals surface area contributed by atoms with Crippen LogP contribution in [-0.2, 0) is 9.53 Å². The SMILES string of the molecule is CCCC(=O)OC(CNC(C)C)COc1cccc2ccccc12. The molecular weight excluding hydrogens is 302 g/mol. The molecule has 130 valence electrons. The van der Waals surface area contributed by atoms with Gasteiger partial charge in [0, 0.05) is 24.4 Å². The Kier molecular flexibility index (Phi) is 7.07. The van der Waals surface area contributed by atoms with Crippen LogP contribution in [0.3, 0.4) is 0 Å². The van der Waals surface area contributed by atoms with E-state index in [0.717, 1.165) is 22.9 Å². The molecule has 0 fully saturated rings. The van der Waals surface area contributed by atoms with Crippen LogP contribution >= 0.6 is 0 Å². The minimum atomic E-state index is -0.301. The molecule has 0 aliphatic rings. The summed E-state index contributed by atoms with van der Waals surface area (Å²) in [6.07, 6.45) is 0.921. The molecule has 2 aromatic carbocycles. The van der Waals surface area contributed by atoms with Gasteiger partial charge in [-0.3, -0.25) is 4.79 Å². The molecule has 0 heterocycles. The van der Waals surface area contributed by atoms with E-state index in [1.807, 2.05) is 37.3 Å². The van der Waals surface area contributed by atoms with Crippen molar-refractivity contribution in [2.75, 3.05) is 13.2 Å². The Morgan fingerprint density at radius 1 is 1.12 bits per heavy atom. The molecule has 0 aromatic heterocycles. The third kappa shape index (κ3) is 5.53. The van der Waals surface area contributed by atoms with Gasteiger partial charge in [-0.1, -0.05) is 57.2 Å². The van der Waals surface area contributed by atoms with Gasteiger partial charge in [-0.25, -0.2) is 0 Å². The van der Waals surface area contributed by atoms with Gasteiger partial charge in [0.1, 0.15) is 18.5 Å². The molecule has 2 rings (SSSR count). The Balaban J connectivity index is 2.03. The van der Waals surface area contributed by atoms with Gasteiger partial charge in [-0.05, 0) is 17.9 Å². The van der Waals surface area contributed by atoms with Gasteiger partial charge >= 0.3 is 5.97 Å².